The lowest BCUT2D eigenvalue weighted by Gasteiger charge is -2.11. The van der Waals surface area contributed by atoms with Crippen molar-refractivity contribution in [3.05, 3.63) is 114 Å². The zero-order valence-corrected chi connectivity index (χ0v) is 23.1. The van der Waals surface area contributed by atoms with Crippen molar-refractivity contribution in [3.8, 4) is 28.3 Å². The van der Waals surface area contributed by atoms with E-state index in [9.17, 15) is 0 Å². The van der Waals surface area contributed by atoms with Gasteiger partial charge >= 0.3 is 0 Å². The van der Waals surface area contributed by atoms with Gasteiger partial charge < -0.3 is 9.13 Å². The number of pyridine rings is 1. The summed E-state index contributed by atoms with van der Waals surface area (Å²) in [5.74, 6) is 0.957. The Hall–Kier alpha value is -4.22. The van der Waals surface area contributed by atoms with Crippen LogP contribution in [0.3, 0.4) is 0 Å². The van der Waals surface area contributed by atoms with E-state index in [-0.39, 0.29) is 0 Å². The maximum absolute atomic E-state index is 4.95. The predicted octanol–water partition coefficient (Wildman–Crippen LogP) is 9.19. The van der Waals surface area contributed by atoms with E-state index >= 15 is 0 Å². The van der Waals surface area contributed by atoms with Crippen molar-refractivity contribution in [2.24, 2.45) is 7.05 Å². The molecule has 0 saturated carbocycles. The van der Waals surface area contributed by atoms with Crippen molar-refractivity contribution in [3.63, 3.8) is 0 Å². The number of fused-ring (bicyclic) bond motifs is 4. The molecule has 0 aliphatic rings. The third kappa shape index (κ3) is 4.00. The summed E-state index contributed by atoms with van der Waals surface area (Å²) in [6.07, 6.45) is 1.84. The lowest BCUT2D eigenvalue weighted by molar-refractivity contribution is 0.959. The van der Waals surface area contributed by atoms with Gasteiger partial charge in [-0.2, -0.15) is 0 Å². The van der Waals surface area contributed by atoms with Gasteiger partial charge in [0.15, 0.2) is 0 Å². The first kappa shape index (κ1) is 24.1. The molecule has 0 saturated heterocycles. The number of aromatic nitrogens is 4. The Balaban J connectivity index is 0.00000129. The summed E-state index contributed by atoms with van der Waals surface area (Å²) in [7, 11) is 2.08. The number of benzene rings is 4. The maximum atomic E-state index is 4.95. The van der Waals surface area contributed by atoms with Gasteiger partial charge in [0.25, 0.3) is 0 Å². The molecule has 0 aliphatic heterocycles. The molecule has 3 aromatic heterocycles. The average Bonchev–Trinajstić information content (AvgIpc) is 3.48. The molecule has 0 spiro atoms. The fourth-order valence-electron chi connectivity index (χ4n) is 5.15. The predicted molar refractivity (Wildman–Crippen MR) is 163 cm³/mol. The van der Waals surface area contributed by atoms with Crippen LogP contribution in [0.15, 0.2) is 114 Å². The van der Waals surface area contributed by atoms with E-state index in [4.69, 9.17) is 4.98 Å². The van der Waals surface area contributed by atoms with Crippen molar-refractivity contribution in [1.29, 1.82) is 0 Å². The van der Waals surface area contributed by atoms with Gasteiger partial charge in [-0.25, -0.2) is 4.98 Å². The number of halogens is 1. The largest absolute Gasteiger partial charge is 0.327 e. The Morgan fingerprint density at radius 1 is 0.658 bits per heavy atom. The minimum atomic E-state index is 0.957. The van der Waals surface area contributed by atoms with Crippen LogP contribution < -0.4 is 0 Å². The topological polar surface area (TPSA) is 35.6 Å². The molecule has 0 fully saturated rings. The molecule has 0 unspecified atom stereocenters. The third-order valence-electron chi connectivity index (χ3n) is 6.84. The minimum Gasteiger partial charge on any atom is -0.327 e. The van der Waals surface area contributed by atoms with E-state index in [0.29, 0.717) is 0 Å². The third-order valence-corrected chi connectivity index (χ3v) is 7.33. The Morgan fingerprint density at radius 3 is 2.32 bits per heavy atom. The monoisotopic (exact) mass is 558 g/mol. The molecular weight excluding hydrogens is 532 g/mol. The number of rotatable bonds is 3. The summed E-state index contributed by atoms with van der Waals surface area (Å²) in [5, 5.41) is 2.41. The van der Waals surface area contributed by atoms with Gasteiger partial charge in [-0.05, 0) is 60.7 Å². The highest BCUT2D eigenvalue weighted by Gasteiger charge is 2.16. The van der Waals surface area contributed by atoms with E-state index in [1.165, 1.54) is 10.8 Å². The van der Waals surface area contributed by atoms with Gasteiger partial charge in [0.1, 0.15) is 5.82 Å². The Kier molecular flexibility index (Phi) is 6.30. The van der Waals surface area contributed by atoms with E-state index in [0.717, 1.165) is 54.9 Å². The molecular formula is C33H27BrN4. The van der Waals surface area contributed by atoms with Crippen LogP contribution >= 0.6 is 15.9 Å². The van der Waals surface area contributed by atoms with Gasteiger partial charge in [0, 0.05) is 45.3 Å². The van der Waals surface area contributed by atoms with Gasteiger partial charge in [-0.3, -0.25) is 4.98 Å². The Labute approximate surface area is 230 Å². The summed E-state index contributed by atoms with van der Waals surface area (Å²) in [4.78, 5) is 9.52. The van der Waals surface area contributed by atoms with Crippen molar-refractivity contribution in [2.75, 3.05) is 0 Å². The fraction of sp³-hybridized carbons (Fsp3) is 0.0909. The van der Waals surface area contributed by atoms with Crippen molar-refractivity contribution in [1.82, 2.24) is 19.1 Å². The zero-order chi connectivity index (χ0) is 26.2. The summed E-state index contributed by atoms with van der Waals surface area (Å²) in [6.45, 7) is 4.00. The molecule has 0 radical (unpaired) electrons. The van der Waals surface area contributed by atoms with Crippen LogP contribution in [-0.4, -0.2) is 19.1 Å². The molecule has 0 atom stereocenters. The molecule has 0 amide bonds. The lowest BCUT2D eigenvalue weighted by atomic mass is 10.1. The number of aryl methyl sites for hydroxylation is 1. The highest BCUT2D eigenvalue weighted by atomic mass is 79.9. The number of hydrogen-bond acceptors (Lipinski definition) is 2. The fourth-order valence-corrected chi connectivity index (χ4v) is 5.51. The van der Waals surface area contributed by atoms with Crippen LogP contribution in [0.2, 0.25) is 0 Å². The second-order valence-electron chi connectivity index (χ2n) is 8.98. The van der Waals surface area contributed by atoms with Gasteiger partial charge in [0.05, 0.1) is 27.8 Å². The molecule has 7 rings (SSSR count). The van der Waals surface area contributed by atoms with Crippen molar-refractivity contribution >= 4 is 48.8 Å². The molecule has 0 aliphatic carbocycles. The first-order valence-electron chi connectivity index (χ1n) is 12.8. The zero-order valence-electron chi connectivity index (χ0n) is 21.6. The standard InChI is InChI=1S/C31H21BrN4.C2H6/c1-35-29-11-3-2-10-27(29)34-31(35)21-12-14-24-25-19-22(32)13-15-28(25)36(30(24)18-21)23-8-6-7-20(17-23)26-9-4-5-16-33-26;1-2/h2-19H,1H3;1-2H3. The highest BCUT2D eigenvalue weighted by molar-refractivity contribution is 9.10. The van der Waals surface area contributed by atoms with E-state index < -0.39 is 0 Å². The summed E-state index contributed by atoms with van der Waals surface area (Å²) in [5.41, 5.74) is 8.67. The first-order chi connectivity index (χ1) is 18.7. The summed E-state index contributed by atoms with van der Waals surface area (Å²) in [6, 6.07) is 36.0. The number of para-hydroxylation sites is 2. The van der Waals surface area contributed by atoms with Crippen LogP contribution in [0.4, 0.5) is 0 Å². The summed E-state index contributed by atoms with van der Waals surface area (Å²) >= 11 is 3.68. The summed E-state index contributed by atoms with van der Waals surface area (Å²) < 4.78 is 5.58. The SMILES string of the molecule is CC.Cn1c(-c2ccc3c4cc(Br)ccc4n(-c4cccc(-c5ccccn5)c4)c3c2)nc2ccccc21. The quantitative estimate of drug-likeness (QED) is 0.216. The number of nitrogens with zero attached hydrogens (tertiary/aromatic N) is 4. The van der Waals surface area contributed by atoms with Gasteiger partial charge in [0.2, 0.25) is 0 Å². The van der Waals surface area contributed by atoms with Crippen molar-refractivity contribution < 1.29 is 0 Å². The highest BCUT2D eigenvalue weighted by Crippen LogP contribution is 2.37. The van der Waals surface area contributed by atoms with Crippen LogP contribution in [-0.2, 0) is 7.05 Å². The van der Waals surface area contributed by atoms with Crippen molar-refractivity contribution in [2.45, 2.75) is 13.8 Å². The molecule has 38 heavy (non-hydrogen) atoms. The molecule has 4 nitrogen and oxygen atoms in total. The van der Waals surface area contributed by atoms with Gasteiger partial charge in [-0.1, -0.05) is 72.2 Å². The van der Waals surface area contributed by atoms with E-state index in [2.05, 4.69) is 116 Å². The Morgan fingerprint density at radius 2 is 1.50 bits per heavy atom. The molecule has 3 heterocycles. The van der Waals surface area contributed by atoms with Crippen LogP contribution in [0.5, 0.6) is 0 Å². The Bertz CT molecular complexity index is 1920. The maximum Gasteiger partial charge on any atom is 0.140 e. The van der Waals surface area contributed by atoms with Crippen LogP contribution in [0, 0.1) is 0 Å². The van der Waals surface area contributed by atoms with Crippen LogP contribution in [0.25, 0.3) is 61.2 Å². The first-order valence-corrected chi connectivity index (χ1v) is 13.6. The lowest BCUT2D eigenvalue weighted by Crippen LogP contribution is -1.96. The number of hydrogen-bond donors (Lipinski definition) is 0. The minimum absolute atomic E-state index is 0.957. The molecule has 0 N–H and O–H groups in total. The van der Waals surface area contributed by atoms with E-state index in [1.54, 1.807) is 0 Å². The van der Waals surface area contributed by atoms with Gasteiger partial charge in [-0.15, -0.1) is 0 Å². The molecule has 4 aromatic carbocycles. The second kappa shape index (κ2) is 9.92. The molecule has 7 aromatic rings. The normalized spacial score (nSPS) is 11.2. The molecule has 0 bridgehead atoms. The van der Waals surface area contributed by atoms with Crippen LogP contribution in [0.1, 0.15) is 13.8 Å². The molecule has 5 heteroatoms. The van der Waals surface area contributed by atoms with E-state index in [1.807, 2.05) is 44.3 Å². The smallest absolute Gasteiger partial charge is 0.140 e. The molecule has 186 valence electrons. The average molecular weight is 560 g/mol. The number of imidazole rings is 1. The second-order valence-corrected chi connectivity index (χ2v) is 9.89.